The number of anilines is 2. The van der Waals surface area contributed by atoms with E-state index in [9.17, 15) is 9.90 Å². The summed E-state index contributed by atoms with van der Waals surface area (Å²) >= 11 is 0. The fraction of sp³-hybridized carbons (Fsp3) is 0.389. The number of hydrogen-bond donors (Lipinski definition) is 4. The van der Waals surface area contributed by atoms with Crippen molar-refractivity contribution in [3.05, 3.63) is 30.3 Å². The second kappa shape index (κ2) is 5.61. The number of phenols is 1. The van der Waals surface area contributed by atoms with Crippen LogP contribution < -0.4 is 16.4 Å². The third-order valence-corrected chi connectivity index (χ3v) is 5.27. The molecule has 1 aromatic carbocycles. The highest BCUT2D eigenvalue weighted by Crippen LogP contribution is 2.53. The van der Waals surface area contributed by atoms with Gasteiger partial charge in [-0.3, -0.25) is 4.79 Å². The van der Waals surface area contributed by atoms with Crippen molar-refractivity contribution in [2.45, 2.75) is 37.8 Å². The summed E-state index contributed by atoms with van der Waals surface area (Å²) in [6.07, 6.45) is 2.87. The molecule has 2 bridgehead atoms. The molecular weight excluding hydrogens is 318 g/mol. The van der Waals surface area contributed by atoms with E-state index < -0.39 is 0 Å². The lowest BCUT2D eigenvalue weighted by atomic mass is 9.76. The highest BCUT2D eigenvalue weighted by atomic mass is 16.3. The standard InChI is InChI=1S/C18H21N5O2/c1-10(24)21-18-7-11(8-18)15(9-18)20-14-6-13(22-23-17(14)19)12-4-2-3-5-16(12)25/h2-6,11,15,25H,7-9H2,1H3,(H2,19,23)(H,20,22)(H,21,24). The minimum atomic E-state index is -0.0656. The number of nitrogens with zero attached hydrogens (tertiary/aromatic N) is 2. The van der Waals surface area contributed by atoms with E-state index in [2.05, 4.69) is 20.8 Å². The number of fused-ring (bicyclic) bond motifs is 1. The van der Waals surface area contributed by atoms with E-state index in [1.165, 1.54) is 0 Å². The van der Waals surface area contributed by atoms with Crippen LogP contribution in [0.1, 0.15) is 26.2 Å². The molecule has 130 valence electrons. The molecule has 0 radical (unpaired) electrons. The lowest BCUT2D eigenvalue weighted by Crippen LogP contribution is -2.51. The zero-order valence-electron chi connectivity index (χ0n) is 14.0. The zero-order chi connectivity index (χ0) is 17.6. The number of phenolic OH excluding ortho intramolecular Hbond substituents is 1. The highest BCUT2D eigenvalue weighted by molar-refractivity contribution is 5.75. The minimum Gasteiger partial charge on any atom is -0.507 e. The van der Waals surface area contributed by atoms with E-state index in [1.54, 1.807) is 25.1 Å². The topological polar surface area (TPSA) is 113 Å². The number of hydrogen-bond acceptors (Lipinski definition) is 6. The molecule has 0 spiro atoms. The van der Waals surface area contributed by atoms with E-state index in [-0.39, 0.29) is 23.2 Å². The fourth-order valence-corrected chi connectivity index (χ4v) is 4.22. The van der Waals surface area contributed by atoms with E-state index in [1.807, 2.05) is 12.1 Å². The van der Waals surface area contributed by atoms with Gasteiger partial charge >= 0.3 is 0 Å². The predicted octanol–water partition coefficient (Wildman–Crippen LogP) is 1.90. The number of rotatable bonds is 4. The highest BCUT2D eigenvalue weighted by Gasteiger charge is 2.56. The lowest BCUT2D eigenvalue weighted by molar-refractivity contribution is -0.121. The Morgan fingerprint density at radius 3 is 2.76 bits per heavy atom. The first kappa shape index (κ1) is 15.7. The summed E-state index contributed by atoms with van der Waals surface area (Å²) in [6.45, 7) is 1.56. The van der Waals surface area contributed by atoms with Gasteiger partial charge < -0.3 is 21.5 Å². The van der Waals surface area contributed by atoms with Gasteiger partial charge in [-0.1, -0.05) is 12.1 Å². The third-order valence-electron chi connectivity index (χ3n) is 5.27. The number of para-hydroxylation sites is 1. The lowest BCUT2D eigenvalue weighted by Gasteiger charge is -2.38. The molecule has 1 aromatic heterocycles. The molecule has 2 aromatic rings. The Bertz CT molecular complexity index is 832. The molecule has 0 saturated heterocycles. The molecule has 25 heavy (non-hydrogen) atoms. The molecule has 3 saturated carbocycles. The second-order valence-corrected chi connectivity index (χ2v) is 7.13. The van der Waals surface area contributed by atoms with Crippen molar-refractivity contribution in [1.29, 1.82) is 0 Å². The van der Waals surface area contributed by atoms with Gasteiger partial charge in [0.1, 0.15) is 5.75 Å². The summed E-state index contributed by atoms with van der Waals surface area (Å²) in [5, 5.41) is 24.7. The van der Waals surface area contributed by atoms with E-state index in [0.717, 1.165) is 19.3 Å². The molecule has 5 N–H and O–H groups in total. The molecule has 3 fully saturated rings. The Kier molecular flexibility index (Phi) is 3.52. The molecule has 1 heterocycles. The summed E-state index contributed by atoms with van der Waals surface area (Å²) in [5.41, 5.74) is 7.82. The number of nitrogens with one attached hydrogen (secondary N) is 2. The Labute approximate surface area is 145 Å². The average molecular weight is 339 g/mol. The van der Waals surface area contributed by atoms with Crippen LogP contribution in [0.25, 0.3) is 11.3 Å². The van der Waals surface area contributed by atoms with Crippen LogP contribution in [0.4, 0.5) is 11.5 Å². The fourth-order valence-electron chi connectivity index (χ4n) is 4.22. The molecular formula is C18H21N5O2. The largest absolute Gasteiger partial charge is 0.507 e. The van der Waals surface area contributed by atoms with Crippen LogP contribution in [0.3, 0.4) is 0 Å². The van der Waals surface area contributed by atoms with Crippen molar-refractivity contribution in [2.75, 3.05) is 11.1 Å². The number of amides is 1. The van der Waals surface area contributed by atoms with Gasteiger partial charge in [0.15, 0.2) is 5.82 Å². The number of carbonyl (C=O) groups excluding carboxylic acids is 1. The maximum absolute atomic E-state index is 11.4. The second-order valence-electron chi connectivity index (χ2n) is 7.13. The van der Waals surface area contributed by atoms with E-state index >= 15 is 0 Å². The number of nitrogen functional groups attached to an aromatic ring is 1. The molecule has 7 heteroatoms. The first-order chi connectivity index (χ1) is 12.0. The quantitative estimate of drug-likeness (QED) is 0.677. The van der Waals surface area contributed by atoms with Gasteiger partial charge in [0.05, 0.1) is 11.4 Å². The zero-order valence-corrected chi connectivity index (χ0v) is 14.0. The molecule has 3 aliphatic carbocycles. The molecule has 3 aliphatic rings. The maximum Gasteiger partial charge on any atom is 0.217 e. The van der Waals surface area contributed by atoms with E-state index in [0.29, 0.717) is 28.7 Å². The molecule has 0 aliphatic heterocycles. The van der Waals surface area contributed by atoms with E-state index in [4.69, 9.17) is 5.73 Å². The molecule has 1 atom stereocenters. The number of carbonyl (C=O) groups is 1. The van der Waals surface area contributed by atoms with Crippen LogP contribution in [0.15, 0.2) is 30.3 Å². The Balaban J connectivity index is 1.55. The Morgan fingerprint density at radius 1 is 1.28 bits per heavy atom. The number of nitrogens with two attached hydrogens (primary N) is 1. The summed E-state index contributed by atoms with van der Waals surface area (Å²) in [5.74, 6) is 1.02. The summed E-state index contributed by atoms with van der Waals surface area (Å²) in [7, 11) is 0. The summed E-state index contributed by atoms with van der Waals surface area (Å²) in [4.78, 5) is 11.4. The molecule has 1 unspecified atom stereocenters. The molecule has 1 amide bonds. The van der Waals surface area contributed by atoms with Crippen molar-refractivity contribution in [3.8, 4) is 17.0 Å². The first-order valence-electron chi connectivity index (χ1n) is 8.43. The number of benzene rings is 1. The van der Waals surface area contributed by atoms with Gasteiger partial charge in [-0.15, -0.1) is 10.2 Å². The average Bonchev–Trinajstić information content (AvgIpc) is 3.03. The molecule has 7 nitrogen and oxygen atoms in total. The van der Waals surface area contributed by atoms with Crippen molar-refractivity contribution in [2.24, 2.45) is 5.92 Å². The van der Waals surface area contributed by atoms with Crippen LogP contribution in [0, 0.1) is 5.92 Å². The van der Waals surface area contributed by atoms with Gasteiger partial charge in [-0.2, -0.15) is 0 Å². The number of aromatic nitrogens is 2. The van der Waals surface area contributed by atoms with Crippen LogP contribution in [0.5, 0.6) is 5.75 Å². The van der Waals surface area contributed by atoms with Crippen molar-refractivity contribution >= 4 is 17.4 Å². The smallest absolute Gasteiger partial charge is 0.217 e. The summed E-state index contributed by atoms with van der Waals surface area (Å²) in [6, 6.07) is 9.06. The molecule has 5 rings (SSSR count). The van der Waals surface area contributed by atoms with Crippen molar-refractivity contribution < 1.29 is 9.90 Å². The van der Waals surface area contributed by atoms with Gasteiger partial charge in [0, 0.05) is 24.1 Å². The third kappa shape index (κ3) is 2.75. The Morgan fingerprint density at radius 2 is 2.04 bits per heavy atom. The van der Waals surface area contributed by atoms with Crippen LogP contribution in [-0.2, 0) is 4.79 Å². The van der Waals surface area contributed by atoms with Gasteiger partial charge in [0.2, 0.25) is 5.91 Å². The SMILES string of the molecule is CC(=O)NC12CC(C1)C(Nc1cc(-c3ccccc3O)nnc1N)C2. The predicted molar refractivity (Wildman–Crippen MR) is 94.8 cm³/mol. The van der Waals surface area contributed by atoms with Crippen molar-refractivity contribution in [1.82, 2.24) is 15.5 Å². The van der Waals surface area contributed by atoms with Crippen LogP contribution in [0.2, 0.25) is 0 Å². The van der Waals surface area contributed by atoms with Gasteiger partial charge in [-0.05, 0) is 43.4 Å². The normalized spacial score (nSPS) is 26.8. The first-order valence-corrected chi connectivity index (χ1v) is 8.43. The van der Waals surface area contributed by atoms with Crippen LogP contribution >= 0.6 is 0 Å². The minimum absolute atomic E-state index is 0.0195. The monoisotopic (exact) mass is 339 g/mol. The van der Waals surface area contributed by atoms with Crippen molar-refractivity contribution in [3.63, 3.8) is 0 Å². The maximum atomic E-state index is 11.4. The van der Waals surface area contributed by atoms with Gasteiger partial charge in [-0.25, -0.2) is 0 Å². The Hall–Kier alpha value is -2.83. The summed E-state index contributed by atoms with van der Waals surface area (Å²) < 4.78 is 0. The van der Waals surface area contributed by atoms with Crippen LogP contribution in [-0.4, -0.2) is 32.8 Å². The number of aromatic hydroxyl groups is 1. The van der Waals surface area contributed by atoms with Gasteiger partial charge in [0.25, 0.3) is 0 Å².